The first kappa shape index (κ1) is 23.0. The molecule has 0 aliphatic rings. The van der Waals surface area contributed by atoms with E-state index in [1.165, 1.54) is 0 Å². The third kappa shape index (κ3) is 10.00. The number of aliphatic hydroxyl groups is 2. The summed E-state index contributed by atoms with van der Waals surface area (Å²) in [5.41, 5.74) is 0. The average molecular weight is 368 g/mol. The van der Waals surface area contributed by atoms with Crippen molar-refractivity contribution in [2.45, 2.75) is 51.6 Å². The lowest BCUT2D eigenvalue weighted by molar-refractivity contribution is -0.147. The van der Waals surface area contributed by atoms with Crippen molar-refractivity contribution in [3.05, 3.63) is 0 Å². The number of nitrogens with one attached hydrogen (secondary N) is 2. The molecule has 0 aromatic heterocycles. The molecule has 2 unspecified atom stereocenters. The predicted molar refractivity (Wildman–Crippen MR) is 88.8 cm³/mol. The van der Waals surface area contributed by atoms with E-state index in [0.29, 0.717) is 12.8 Å². The van der Waals surface area contributed by atoms with Crippen molar-refractivity contribution in [1.29, 1.82) is 0 Å². The van der Waals surface area contributed by atoms with Gasteiger partial charge in [-0.2, -0.15) is 0 Å². The van der Waals surface area contributed by atoms with Gasteiger partial charge < -0.3 is 19.7 Å². The van der Waals surface area contributed by atoms with Crippen molar-refractivity contribution >= 4 is 20.0 Å². The minimum Gasteiger partial charge on any atom is -0.464 e. The number of carbonyl (C=O) groups is 2. The molecule has 0 amide bonds. The Hall–Kier alpha value is -0.990. The van der Waals surface area contributed by atoms with Gasteiger partial charge >= 0.3 is 11.9 Å². The Kier molecular flexibility index (Phi) is 13.8. The summed E-state index contributed by atoms with van der Waals surface area (Å²) in [7, 11) is -2.83. The molecule has 0 heterocycles. The van der Waals surface area contributed by atoms with Crippen LogP contribution >= 0.6 is 8.10 Å². The second-order valence-corrected chi connectivity index (χ2v) is 6.37. The van der Waals surface area contributed by atoms with Gasteiger partial charge in [0.2, 0.25) is 8.10 Å². The van der Waals surface area contributed by atoms with E-state index < -0.39 is 45.3 Å². The molecule has 4 N–H and O–H groups in total. The van der Waals surface area contributed by atoms with E-state index >= 15 is 0 Å². The first-order valence-corrected chi connectivity index (χ1v) is 9.52. The Morgan fingerprint density at radius 3 is 1.58 bits per heavy atom. The maximum Gasteiger partial charge on any atom is 0.325 e. The molecular weight excluding hydrogens is 339 g/mol. The van der Waals surface area contributed by atoms with Gasteiger partial charge in [-0.25, -0.2) is 10.2 Å². The molecule has 0 rings (SSSR count). The van der Waals surface area contributed by atoms with Gasteiger partial charge in [0.05, 0.1) is 26.4 Å². The standard InChI is InChI=1S/C14H29N2O7P/c1-3-5-7-22-13(19)11(9-17)15-24(21)16-12(10-18)14(20)23-8-6-4-2/h11-12,17-18,24H,3-10H2,1-2H3,(H2,15,16,21). The van der Waals surface area contributed by atoms with Crippen molar-refractivity contribution in [3.8, 4) is 0 Å². The summed E-state index contributed by atoms with van der Waals surface area (Å²) in [6, 6.07) is -2.34. The highest BCUT2D eigenvalue weighted by atomic mass is 31.1. The molecule has 0 aliphatic heterocycles. The molecule has 10 heteroatoms. The number of rotatable bonds is 14. The summed E-state index contributed by atoms with van der Waals surface area (Å²) in [5.74, 6) is -1.45. The molecule has 2 atom stereocenters. The summed E-state index contributed by atoms with van der Waals surface area (Å²) in [4.78, 5) is 23.4. The molecule has 0 radical (unpaired) electrons. The van der Waals surface area contributed by atoms with Crippen LogP contribution in [0.2, 0.25) is 0 Å². The molecule has 142 valence electrons. The molecule has 0 aliphatic carbocycles. The summed E-state index contributed by atoms with van der Waals surface area (Å²) in [6.45, 7) is 3.09. The summed E-state index contributed by atoms with van der Waals surface area (Å²) in [5, 5.41) is 23.1. The highest BCUT2D eigenvalue weighted by Crippen LogP contribution is 2.12. The van der Waals surface area contributed by atoms with Crippen LogP contribution in [0, 0.1) is 0 Å². The topological polar surface area (TPSA) is 134 Å². The normalized spacial score (nSPS) is 14.7. The van der Waals surface area contributed by atoms with Gasteiger partial charge in [-0.3, -0.25) is 14.2 Å². The third-order valence-corrected chi connectivity index (χ3v) is 4.25. The van der Waals surface area contributed by atoms with E-state index in [-0.39, 0.29) is 13.2 Å². The number of ether oxygens (including phenoxy) is 2. The zero-order chi connectivity index (χ0) is 18.4. The number of unbranched alkanes of at least 4 members (excludes halogenated alkanes) is 2. The van der Waals surface area contributed by atoms with Gasteiger partial charge in [-0.15, -0.1) is 0 Å². The fourth-order valence-electron chi connectivity index (χ4n) is 1.55. The molecule has 24 heavy (non-hydrogen) atoms. The van der Waals surface area contributed by atoms with E-state index in [9.17, 15) is 24.4 Å². The maximum atomic E-state index is 12.0. The second-order valence-electron chi connectivity index (χ2n) is 5.13. The van der Waals surface area contributed by atoms with Crippen LogP contribution in [0.25, 0.3) is 0 Å². The molecule has 0 aromatic carbocycles. The highest BCUT2D eigenvalue weighted by Gasteiger charge is 2.25. The molecule has 0 fully saturated rings. The van der Waals surface area contributed by atoms with Crippen LogP contribution in [0.4, 0.5) is 0 Å². The minimum absolute atomic E-state index is 0.213. The van der Waals surface area contributed by atoms with Crippen LogP contribution < -0.4 is 10.2 Å². The fourth-order valence-corrected chi connectivity index (χ4v) is 2.69. The number of esters is 2. The van der Waals surface area contributed by atoms with Gasteiger partial charge in [0.15, 0.2) is 0 Å². The molecular formula is C14H29N2O7P. The lowest BCUT2D eigenvalue weighted by atomic mass is 10.3. The third-order valence-electron chi connectivity index (χ3n) is 3.03. The highest BCUT2D eigenvalue weighted by molar-refractivity contribution is 7.40. The van der Waals surface area contributed by atoms with E-state index in [1.54, 1.807) is 0 Å². The molecule has 0 saturated heterocycles. The lowest BCUT2D eigenvalue weighted by Crippen LogP contribution is -2.43. The molecule has 0 saturated carbocycles. The van der Waals surface area contributed by atoms with Gasteiger partial charge in [0.25, 0.3) is 0 Å². The smallest absolute Gasteiger partial charge is 0.325 e. The summed E-state index contributed by atoms with van der Waals surface area (Å²) in [6.07, 6.45) is 3.07. The molecule has 0 aromatic rings. The average Bonchev–Trinajstić information content (AvgIpc) is 2.57. The molecule has 9 nitrogen and oxygen atoms in total. The van der Waals surface area contributed by atoms with E-state index in [0.717, 1.165) is 12.8 Å². The Balaban J connectivity index is 4.38. The number of hydrogen-bond acceptors (Lipinski definition) is 7. The number of hydrogen-bond donors (Lipinski definition) is 4. The Labute approximate surface area is 143 Å². The predicted octanol–water partition coefficient (Wildman–Crippen LogP) is -0.0363. The van der Waals surface area contributed by atoms with Crippen LogP contribution in [0.5, 0.6) is 0 Å². The van der Waals surface area contributed by atoms with Crippen LogP contribution in [-0.4, -0.2) is 60.7 Å². The molecule has 0 bridgehead atoms. The van der Waals surface area contributed by atoms with Crippen molar-refractivity contribution in [1.82, 2.24) is 10.2 Å². The maximum absolute atomic E-state index is 12.0. The van der Waals surface area contributed by atoms with Gasteiger partial charge in [0, 0.05) is 0 Å². The van der Waals surface area contributed by atoms with Crippen molar-refractivity contribution in [2.24, 2.45) is 0 Å². The van der Waals surface area contributed by atoms with Gasteiger partial charge in [0.1, 0.15) is 12.1 Å². The lowest BCUT2D eigenvalue weighted by Gasteiger charge is -2.19. The van der Waals surface area contributed by atoms with Crippen molar-refractivity contribution < 1.29 is 33.8 Å². The van der Waals surface area contributed by atoms with Crippen LogP contribution in [0.3, 0.4) is 0 Å². The van der Waals surface area contributed by atoms with E-state index in [2.05, 4.69) is 10.2 Å². The van der Waals surface area contributed by atoms with Gasteiger partial charge in [-0.05, 0) is 12.8 Å². The van der Waals surface area contributed by atoms with E-state index in [4.69, 9.17) is 9.47 Å². The second kappa shape index (κ2) is 14.4. The SMILES string of the molecule is CCCCOC(=O)C(CO)N[PH](=O)NC(CO)C(=O)OCCCC. The fraction of sp³-hybridized carbons (Fsp3) is 0.857. The largest absolute Gasteiger partial charge is 0.464 e. The number of carbonyl (C=O) groups excluding carboxylic acids is 2. The zero-order valence-electron chi connectivity index (χ0n) is 14.2. The Morgan fingerprint density at radius 2 is 1.29 bits per heavy atom. The quantitative estimate of drug-likeness (QED) is 0.189. The molecule has 0 spiro atoms. The zero-order valence-corrected chi connectivity index (χ0v) is 15.2. The monoisotopic (exact) mass is 368 g/mol. The van der Waals surface area contributed by atoms with Crippen LogP contribution in [0.1, 0.15) is 39.5 Å². The Bertz CT molecular complexity index is 361. The summed E-state index contributed by atoms with van der Waals surface area (Å²) < 4.78 is 21.8. The van der Waals surface area contributed by atoms with Crippen molar-refractivity contribution in [2.75, 3.05) is 26.4 Å². The van der Waals surface area contributed by atoms with Gasteiger partial charge in [-0.1, -0.05) is 26.7 Å². The van der Waals surface area contributed by atoms with Crippen LogP contribution in [0.15, 0.2) is 0 Å². The number of aliphatic hydroxyl groups excluding tert-OH is 2. The van der Waals surface area contributed by atoms with Crippen molar-refractivity contribution in [3.63, 3.8) is 0 Å². The first-order valence-electron chi connectivity index (χ1n) is 8.12. The Morgan fingerprint density at radius 1 is 0.917 bits per heavy atom. The van der Waals surface area contributed by atoms with E-state index in [1.807, 2.05) is 13.8 Å². The first-order chi connectivity index (χ1) is 11.5. The summed E-state index contributed by atoms with van der Waals surface area (Å²) >= 11 is 0. The van der Waals surface area contributed by atoms with Crippen LogP contribution in [-0.2, 0) is 23.6 Å². The minimum atomic E-state index is -2.83.